The fourth-order valence-electron chi connectivity index (χ4n) is 1.80. The minimum atomic E-state index is -4.52. The van der Waals surface area contributed by atoms with E-state index < -0.39 is 23.6 Å². The van der Waals surface area contributed by atoms with Gasteiger partial charge < -0.3 is 10.0 Å². The molecule has 0 atom stereocenters. The SMILES string of the molecule is CC(C)CN(CCC(=O)O)C(=O)c1ccc(C(F)(F)F)cn1. The van der Waals surface area contributed by atoms with Crippen molar-refractivity contribution in [1.82, 2.24) is 9.88 Å². The lowest BCUT2D eigenvalue weighted by molar-refractivity contribution is -0.138. The number of hydrogen-bond donors (Lipinski definition) is 1. The molecule has 1 amide bonds. The van der Waals surface area contributed by atoms with Crippen LogP contribution in [0.15, 0.2) is 18.3 Å². The van der Waals surface area contributed by atoms with Crippen molar-refractivity contribution in [3.05, 3.63) is 29.6 Å². The molecule has 0 radical (unpaired) electrons. The molecule has 1 N–H and O–H groups in total. The second-order valence-electron chi connectivity index (χ2n) is 5.22. The number of hydrogen-bond acceptors (Lipinski definition) is 3. The molecule has 0 unspecified atom stereocenters. The van der Waals surface area contributed by atoms with E-state index in [2.05, 4.69) is 4.98 Å². The molecule has 8 heteroatoms. The summed E-state index contributed by atoms with van der Waals surface area (Å²) in [5, 5.41) is 8.70. The van der Waals surface area contributed by atoms with Crippen molar-refractivity contribution in [2.24, 2.45) is 5.92 Å². The number of pyridine rings is 1. The number of aliphatic carboxylic acids is 1. The predicted octanol–water partition coefficient (Wildman–Crippen LogP) is 2.67. The monoisotopic (exact) mass is 318 g/mol. The summed E-state index contributed by atoms with van der Waals surface area (Å²) >= 11 is 0. The van der Waals surface area contributed by atoms with Gasteiger partial charge in [0, 0.05) is 19.3 Å². The van der Waals surface area contributed by atoms with E-state index in [-0.39, 0.29) is 24.6 Å². The van der Waals surface area contributed by atoms with Crippen LogP contribution in [0, 0.1) is 5.92 Å². The van der Waals surface area contributed by atoms with Gasteiger partial charge in [-0.15, -0.1) is 0 Å². The molecule has 1 aromatic rings. The van der Waals surface area contributed by atoms with Gasteiger partial charge in [-0.2, -0.15) is 13.2 Å². The van der Waals surface area contributed by atoms with E-state index in [0.29, 0.717) is 12.7 Å². The Labute approximate surface area is 125 Å². The molecule has 0 aliphatic heterocycles. The highest BCUT2D eigenvalue weighted by atomic mass is 19.4. The van der Waals surface area contributed by atoms with Crippen LogP contribution in [-0.2, 0) is 11.0 Å². The smallest absolute Gasteiger partial charge is 0.417 e. The Morgan fingerprint density at radius 2 is 1.95 bits per heavy atom. The maximum absolute atomic E-state index is 12.5. The molecule has 0 saturated heterocycles. The largest absolute Gasteiger partial charge is 0.481 e. The number of carboxylic acid groups (broad SMARTS) is 1. The first-order valence-corrected chi connectivity index (χ1v) is 6.65. The van der Waals surface area contributed by atoms with Gasteiger partial charge in [-0.1, -0.05) is 13.8 Å². The maximum Gasteiger partial charge on any atom is 0.417 e. The number of amides is 1. The van der Waals surface area contributed by atoms with E-state index >= 15 is 0 Å². The number of aromatic nitrogens is 1. The third-order valence-electron chi connectivity index (χ3n) is 2.78. The zero-order valence-electron chi connectivity index (χ0n) is 12.2. The molecule has 1 rings (SSSR count). The van der Waals surface area contributed by atoms with Gasteiger partial charge in [0.2, 0.25) is 0 Å². The zero-order chi connectivity index (χ0) is 16.9. The van der Waals surface area contributed by atoms with Crippen LogP contribution in [0.4, 0.5) is 13.2 Å². The summed E-state index contributed by atoms with van der Waals surface area (Å²) in [6.07, 6.45) is -4.16. The van der Waals surface area contributed by atoms with Gasteiger partial charge in [-0.25, -0.2) is 0 Å². The molecule has 0 aliphatic carbocycles. The summed E-state index contributed by atoms with van der Waals surface area (Å²) in [6.45, 7) is 3.98. The minimum Gasteiger partial charge on any atom is -0.481 e. The van der Waals surface area contributed by atoms with E-state index in [1.807, 2.05) is 13.8 Å². The zero-order valence-corrected chi connectivity index (χ0v) is 12.2. The first-order chi connectivity index (χ1) is 10.1. The van der Waals surface area contributed by atoms with E-state index in [9.17, 15) is 22.8 Å². The standard InChI is InChI=1S/C14H17F3N2O3/c1-9(2)8-19(6-5-12(20)21)13(22)11-4-3-10(7-18-11)14(15,16)17/h3-4,7,9H,5-6,8H2,1-2H3,(H,20,21). The van der Waals surface area contributed by atoms with Crippen molar-refractivity contribution in [1.29, 1.82) is 0 Å². The van der Waals surface area contributed by atoms with Gasteiger partial charge in [-0.3, -0.25) is 14.6 Å². The van der Waals surface area contributed by atoms with Crippen molar-refractivity contribution in [3.8, 4) is 0 Å². The predicted molar refractivity (Wildman–Crippen MR) is 72.2 cm³/mol. The average Bonchev–Trinajstić information content (AvgIpc) is 2.41. The summed E-state index contributed by atoms with van der Waals surface area (Å²) in [6, 6.07) is 1.78. The van der Waals surface area contributed by atoms with Crippen LogP contribution in [0.25, 0.3) is 0 Å². The van der Waals surface area contributed by atoms with E-state index in [1.54, 1.807) is 0 Å². The molecule has 0 aliphatic rings. The maximum atomic E-state index is 12.5. The van der Waals surface area contributed by atoms with Crippen molar-refractivity contribution >= 4 is 11.9 Å². The van der Waals surface area contributed by atoms with Gasteiger partial charge in [0.05, 0.1) is 12.0 Å². The second-order valence-corrected chi connectivity index (χ2v) is 5.22. The van der Waals surface area contributed by atoms with E-state index in [4.69, 9.17) is 5.11 Å². The average molecular weight is 318 g/mol. The Hall–Kier alpha value is -2.12. The van der Waals surface area contributed by atoms with Crippen LogP contribution in [-0.4, -0.2) is 40.0 Å². The molecule has 0 bridgehead atoms. The summed E-state index contributed by atoms with van der Waals surface area (Å²) in [7, 11) is 0. The highest BCUT2D eigenvalue weighted by Gasteiger charge is 2.31. The molecule has 122 valence electrons. The van der Waals surface area contributed by atoms with Gasteiger partial charge >= 0.3 is 12.1 Å². The topological polar surface area (TPSA) is 70.5 Å². The molecular formula is C14H17F3N2O3. The van der Waals surface area contributed by atoms with Crippen LogP contribution >= 0.6 is 0 Å². The lowest BCUT2D eigenvalue weighted by atomic mass is 10.1. The Morgan fingerprint density at radius 1 is 1.32 bits per heavy atom. The third kappa shape index (κ3) is 5.34. The Balaban J connectivity index is 2.90. The van der Waals surface area contributed by atoms with Crippen molar-refractivity contribution in [2.45, 2.75) is 26.4 Å². The molecule has 5 nitrogen and oxygen atoms in total. The van der Waals surface area contributed by atoms with Gasteiger partial charge in [-0.05, 0) is 18.1 Å². The van der Waals surface area contributed by atoms with Crippen molar-refractivity contribution < 1.29 is 27.9 Å². The molecule has 0 aromatic carbocycles. The lowest BCUT2D eigenvalue weighted by Gasteiger charge is -2.23. The Kier molecular flexibility index (Phi) is 5.90. The molecule has 1 heterocycles. The Morgan fingerprint density at radius 3 is 2.36 bits per heavy atom. The third-order valence-corrected chi connectivity index (χ3v) is 2.78. The Bertz CT molecular complexity index is 527. The van der Waals surface area contributed by atoms with Gasteiger partial charge in [0.1, 0.15) is 5.69 Å². The van der Waals surface area contributed by atoms with Crippen LogP contribution in [0.1, 0.15) is 36.3 Å². The molecule has 0 fully saturated rings. The van der Waals surface area contributed by atoms with Gasteiger partial charge in [0.25, 0.3) is 5.91 Å². The summed E-state index contributed by atoms with van der Waals surface area (Å²) in [5.41, 5.74) is -1.08. The minimum absolute atomic E-state index is 0.0188. The van der Waals surface area contributed by atoms with Crippen molar-refractivity contribution in [2.75, 3.05) is 13.1 Å². The number of carbonyl (C=O) groups is 2. The highest BCUT2D eigenvalue weighted by Crippen LogP contribution is 2.28. The molecule has 1 aromatic heterocycles. The van der Waals surface area contributed by atoms with Crippen molar-refractivity contribution in [3.63, 3.8) is 0 Å². The van der Waals surface area contributed by atoms with E-state index in [1.165, 1.54) is 4.90 Å². The fourth-order valence-corrected chi connectivity index (χ4v) is 1.80. The summed E-state index contributed by atoms with van der Waals surface area (Å²) < 4.78 is 37.4. The van der Waals surface area contributed by atoms with Gasteiger partial charge in [0.15, 0.2) is 0 Å². The number of alkyl halides is 3. The van der Waals surface area contributed by atoms with Crippen LogP contribution in [0.3, 0.4) is 0 Å². The quantitative estimate of drug-likeness (QED) is 0.875. The second kappa shape index (κ2) is 7.24. The number of nitrogens with zero attached hydrogens (tertiary/aromatic N) is 2. The summed E-state index contributed by atoms with van der Waals surface area (Å²) in [5.74, 6) is -1.54. The molecular weight excluding hydrogens is 301 g/mol. The number of carboxylic acids is 1. The van der Waals surface area contributed by atoms with Crippen LogP contribution < -0.4 is 0 Å². The lowest BCUT2D eigenvalue weighted by Crippen LogP contribution is -2.36. The van der Waals surface area contributed by atoms with Crippen LogP contribution in [0.5, 0.6) is 0 Å². The molecule has 22 heavy (non-hydrogen) atoms. The molecule has 0 saturated carbocycles. The fraction of sp³-hybridized carbons (Fsp3) is 0.500. The van der Waals surface area contributed by atoms with E-state index in [0.717, 1.165) is 12.1 Å². The first-order valence-electron chi connectivity index (χ1n) is 6.65. The summed E-state index contributed by atoms with van der Waals surface area (Å²) in [4.78, 5) is 27.7. The number of halogens is 3. The van der Waals surface area contributed by atoms with Crippen LogP contribution in [0.2, 0.25) is 0 Å². The number of carbonyl (C=O) groups excluding carboxylic acids is 1. The highest BCUT2D eigenvalue weighted by molar-refractivity contribution is 5.92. The number of rotatable bonds is 6. The normalized spacial score (nSPS) is 11.5. The molecule has 0 spiro atoms. The first kappa shape index (κ1) is 17.9.